The number of benzene rings is 2. The van der Waals surface area contributed by atoms with Gasteiger partial charge in [0.05, 0.1) is 0 Å². The Kier molecular flexibility index (Phi) is 5.65. The summed E-state index contributed by atoms with van der Waals surface area (Å²) >= 11 is 9.27. The summed E-state index contributed by atoms with van der Waals surface area (Å²) in [7, 11) is 2.00. The largest absolute Gasteiger partial charge is 0.373 e. The van der Waals surface area contributed by atoms with Crippen molar-refractivity contribution >= 4 is 39.1 Å². The third-order valence-electron chi connectivity index (χ3n) is 3.05. The lowest BCUT2D eigenvalue weighted by atomic mass is 10.2. The van der Waals surface area contributed by atoms with Gasteiger partial charge in [0.15, 0.2) is 0 Å². The van der Waals surface area contributed by atoms with Crippen LogP contribution in [0.1, 0.15) is 10.4 Å². The number of rotatable bonds is 5. The molecule has 0 radical (unpaired) electrons. The van der Waals surface area contributed by atoms with Gasteiger partial charge in [0.25, 0.3) is 5.91 Å². The van der Waals surface area contributed by atoms with Gasteiger partial charge >= 0.3 is 0 Å². The van der Waals surface area contributed by atoms with Crippen LogP contribution in [0.25, 0.3) is 0 Å². The van der Waals surface area contributed by atoms with Gasteiger partial charge in [-0.3, -0.25) is 4.79 Å². The van der Waals surface area contributed by atoms with Crippen molar-refractivity contribution in [1.82, 2.24) is 5.32 Å². The number of nitrogens with one attached hydrogen (secondary N) is 1. The van der Waals surface area contributed by atoms with Gasteiger partial charge in [-0.25, -0.2) is 0 Å². The average molecular weight is 368 g/mol. The Morgan fingerprint density at radius 1 is 1.24 bits per heavy atom. The van der Waals surface area contributed by atoms with Crippen LogP contribution < -0.4 is 10.2 Å². The molecule has 0 saturated heterocycles. The first-order valence-electron chi connectivity index (χ1n) is 6.57. The maximum absolute atomic E-state index is 12.1. The first-order valence-corrected chi connectivity index (χ1v) is 7.74. The third kappa shape index (κ3) is 4.76. The number of hydrogen-bond donors (Lipinski definition) is 1. The smallest absolute Gasteiger partial charge is 0.251 e. The van der Waals surface area contributed by atoms with Crippen LogP contribution in [-0.4, -0.2) is 26.0 Å². The van der Waals surface area contributed by atoms with E-state index in [2.05, 4.69) is 26.1 Å². The van der Waals surface area contributed by atoms with Crippen molar-refractivity contribution in [1.29, 1.82) is 0 Å². The zero-order chi connectivity index (χ0) is 15.2. The van der Waals surface area contributed by atoms with E-state index in [1.165, 1.54) is 0 Å². The van der Waals surface area contributed by atoms with Gasteiger partial charge in [0.2, 0.25) is 0 Å². The van der Waals surface area contributed by atoms with E-state index in [0.29, 0.717) is 17.1 Å². The molecular weight excluding hydrogens is 352 g/mol. The Hall–Kier alpha value is -1.52. The highest BCUT2D eigenvalue weighted by Gasteiger charge is 2.08. The molecule has 0 saturated carbocycles. The number of hydrogen-bond acceptors (Lipinski definition) is 2. The summed E-state index contributed by atoms with van der Waals surface area (Å²) in [6.07, 6.45) is 0. The zero-order valence-corrected chi connectivity index (χ0v) is 14.0. The Balaban J connectivity index is 1.87. The van der Waals surface area contributed by atoms with Crippen LogP contribution in [-0.2, 0) is 0 Å². The second-order valence-corrected chi connectivity index (χ2v) is 6.02. The summed E-state index contributed by atoms with van der Waals surface area (Å²) in [6.45, 7) is 1.30. The van der Waals surface area contributed by atoms with Gasteiger partial charge in [0, 0.05) is 40.9 Å². The van der Waals surface area contributed by atoms with E-state index >= 15 is 0 Å². The van der Waals surface area contributed by atoms with Gasteiger partial charge in [-0.15, -0.1) is 0 Å². The van der Waals surface area contributed by atoms with Gasteiger partial charge in [0.1, 0.15) is 0 Å². The topological polar surface area (TPSA) is 32.3 Å². The number of carbonyl (C=O) groups excluding carboxylic acids is 1. The Morgan fingerprint density at radius 3 is 2.62 bits per heavy atom. The number of nitrogens with zero attached hydrogens (tertiary/aromatic N) is 1. The summed E-state index contributed by atoms with van der Waals surface area (Å²) in [4.78, 5) is 14.1. The van der Waals surface area contributed by atoms with Crippen molar-refractivity contribution in [3.63, 3.8) is 0 Å². The SMILES string of the molecule is CN(CCNC(=O)c1cc(Cl)cc(Br)c1)c1ccccc1. The molecule has 1 amide bonds. The number of anilines is 1. The highest BCUT2D eigenvalue weighted by molar-refractivity contribution is 9.10. The molecule has 0 aliphatic carbocycles. The summed E-state index contributed by atoms with van der Waals surface area (Å²) < 4.78 is 0.793. The van der Waals surface area contributed by atoms with Crippen LogP contribution in [0.5, 0.6) is 0 Å². The molecule has 0 heterocycles. The van der Waals surface area contributed by atoms with Gasteiger partial charge in [-0.2, -0.15) is 0 Å². The first kappa shape index (κ1) is 15.9. The molecule has 21 heavy (non-hydrogen) atoms. The normalized spacial score (nSPS) is 10.2. The summed E-state index contributed by atoms with van der Waals surface area (Å²) in [5.74, 6) is -0.125. The van der Waals surface area contributed by atoms with Gasteiger partial charge in [-0.05, 0) is 30.3 Å². The fraction of sp³-hybridized carbons (Fsp3) is 0.188. The molecule has 2 aromatic rings. The molecule has 0 aromatic heterocycles. The molecule has 3 nitrogen and oxygen atoms in total. The Morgan fingerprint density at radius 2 is 1.95 bits per heavy atom. The lowest BCUT2D eigenvalue weighted by Gasteiger charge is -2.19. The van der Waals surface area contributed by atoms with E-state index in [1.807, 2.05) is 37.4 Å². The van der Waals surface area contributed by atoms with Crippen LogP contribution in [0.15, 0.2) is 53.0 Å². The lowest BCUT2D eigenvalue weighted by Crippen LogP contribution is -2.32. The fourth-order valence-corrected chi connectivity index (χ4v) is 2.80. The molecule has 0 bridgehead atoms. The van der Waals surface area contributed by atoms with Crippen LogP contribution in [0.2, 0.25) is 5.02 Å². The van der Waals surface area contributed by atoms with Crippen molar-refractivity contribution in [2.24, 2.45) is 0 Å². The van der Waals surface area contributed by atoms with E-state index < -0.39 is 0 Å². The van der Waals surface area contributed by atoms with Crippen LogP contribution >= 0.6 is 27.5 Å². The highest BCUT2D eigenvalue weighted by atomic mass is 79.9. The van der Waals surface area contributed by atoms with Crippen LogP contribution in [0, 0.1) is 0 Å². The monoisotopic (exact) mass is 366 g/mol. The number of para-hydroxylation sites is 1. The Labute approximate surface area is 138 Å². The quantitative estimate of drug-likeness (QED) is 0.867. The standard InChI is InChI=1S/C16H16BrClN2O/c1-20(15-5-3-2-4-6-15)8-7-19-16(21)12-9-13(17)11-14(18)10-12/h2-6,9-11H,7-8H2,1H3,(H,19,21). The van der Waals surface area contributed by atoms with E-state index in [9.17, 15) is 4.79 Å². The second kappa shape index (κ2) is 7.48. The predicted molar refractivity (Wildman–Crippen MR) is 91.2 cm³/mol. The lowest BCUT2D eigenvalue weighted by molar-refractivity contribution is 0.0954. The minimum absolute atomic E-state index is 0.125. The van der Waals surface area contributed by atoms with E-state index in [4.69, 9.17) is 11.6 Å². The van der Waals surface area contributed by atoms with Crippen molar-refractivity contribution in [2.45, 2.75) is 0 Å². The second-order valence-electron chi connectivity index (χ2n) is 4.67. The van der Waals surface area contributed by atoms with Crippen molar-refractivity contribution in [3.8, 4) is 0 Å². The number of amides is 1. The molecule has 0 aliphatic rings. The van der Waals surface area contributed by atoms with Crippen LogP contribution in [0.4, 0.5) is 5.69 Å². The number of likely N-dealkylation sites (N-methyl/N-ethyl adjacent to an activating group) is 1. The zero-order valence-electron chi connectivity index (χ0n) is 11.6. The molecule has 0 fully saturated rings. The molecule has 0 atom stereocenters. The maximum atomic E-state index is 12.1. The molecule has 0 spiro atoms. The predicted octanol–water partition coefficient (Wildman–Crippen LogP) is 3.97. The minimum Gasteiger partial charge on any atom is -0.373 e. The molecule has 1 N–H and O–H groups in total. The van der Waals surface area contributed by atoms with Gasteiger partial charge < -0.3 is 10.2 Å². The number of carbonyl (C=O) groups is 1. The minimum atomic E-state index is -0.125. The summed E-state index contributed by atoms with van der Waals surface area (Å²) in [6, 6.07) is 15.2. The van der Waals surface area contributed by atoms with Gasteiger partial charge in [-0.1, -0.05) is 45.7 Å². The molecule has 0 aliphatic heterocycles. The number of halogens is 2. The summed E-state index contributed by atoms with van der Waals surface area (Å²) in [5, 5.41) is 3.43. The molecule has 5 heteroatoms. The molecule has 2 rings (SSSR count). The molecule has 110 valence electrons. The summed E-state index contributed by atoms with van der Waals surface area (Å²) in [5.41, 5.74) is 1.67. The van der Waals surface area contributed by atoms with Crippen LogP contribution in [0.3, 0.4) is 0 Å². The van der Waals surface area contributed by atoms with Crippen molar-refractivity contribution in [3.05, 3.63) is 63.6 Å². The molecule has 0 unspecified atom stereocenters. The van der Waals surface area contributed by atoms with E-state index in [0.717, 1.165) is 16.7 Å². The van der Waals surface area contributed by atoms with E-state index in [-0.39, 0.29) is 5.91 Å². The molecular formula is C16H16BrClN2O. The van der Waals surface area contributed by atoms with Crippen molar-refractivity contribution < 1.29 is 4.79 Å². The molecule has 2 aromatic carbocycles. The fourth-order valence-electron chi connectivity index (χ4n) is 1.94. The van der Waals surface area contributed by atoms with E-state index in [1.54, 1.807) is 18.2 Å². The Bertz CT molecular complexity index is 599. The first-order chi connectivity index (χ1) is 10.1. The highest BCUT2D eigenvalue weighted by Crippen LogP contribution is 2.19. The van der Waals surface area contributed by atoms with Crippen molar-refractivity contribution in [2.75, 3.05) is 25.0 Å². The maximum Gasteiger partial charge on any atom is 0.251 e. The average Bonchev–Trinajstić information content (AvgIpc) is 2.47. The third-order valence-corrected chi connectivity index (χ3v) is 3.73.